The maximum atomic E-state index is 5.29. The van der Waals surface area contributed by atoms with Gasteiger partial charge < -0.3 is 4.74 Å². The van der Waals surface area contributed by atoms with Crippen molar-refractivity contribution in [2.75, 3.05) is 26.3 Å². The number of likely N-dealkylation sites (tertiary alicyclic amines) is 1. The van der Waals surface area contributed by atoms with Gasteiger partial charge in [-0.2, -0.15) is 0 Å². The highest BCUT2D eigenvalue weighted by molar-refractivity contribution is 5.00. The Bertz CT molecular complexity index is 142. The van der Waals surface area contributed by atoms with Crippen molar-refractivity contribution >= 4 is 0 Å². The number of nitrogens with zero attached hydrogens (tertiary/aromatic N) is 1. The molecule has 0 radical (unpaired) electrons. The lowest BCUT2D eigenvalue weighted by atomic mass is 9.94. The summed E-state index contributed by atoms with van der Waals surface area (Å²) < 4.78 is 5.29. The summed E-state index contributed by atoms with van der Waals surface area (Å²) in [6.45, 7) is 6.81. The quantitative estimate of drug-likeness (QED) is 0.595. The zero-order chi connectivity index (χ0) is 7.73. The SMILES string of the molecule is CCCN1CCCC12COC2. The van der Waals surface area contributed by atoms with Crippen molar-refractivity contribution in [3.05, 3.63) is 0 Å². The molecule has 11 heavy (non-hydrogen) atoms. The van der Waals surface area contributed by atoms with Gasteiger partial charge >= 0.3 is 0 Å². The van der Waals surface area contributed by atoms with Crippen molar-refractivity contribution in [3.63, 3.8) is 0 Å². The van der Waals surface area contributed by atoms with Crippen molar-refractivity contribution in [3.8, 4) is 0 Å². The van der Waals surface area contributed by atoms with Crippen molar-refractivity contribution in [1.82, 2.24) is 4.90 Å². The van der Waals surface area contributed by atoms with Crippen molar-refractivity contribution in [2.45, 2.75) is 31.7 Å². The van der Waals surface area contributed by atoms with Crippen LogP contribution in [0.25, 0.3) is 0 Å². The third kappa shape index (κ3) is 1.09. The minimum Gasteiger partial charge on any atom is -0.377 e. The Morgan fingerprint density at radius 1 is 1.45 bits per heavy atom. The average Bonchev–Trinajstić information content (AvgIpc) is 2.31. The van der Waals surface area contributed by atoms with E-state index < -0.39 is 0 Å². The highest BCUT2D eigenvalue weighted by Gasteiger charge is 2.46. The molecule has 2 nitrogen and oxygen atoms in total. The van der Waals surface area contributed by atoms with Gasteiger partial charge in [0.1, 0.15) is 0 Å². The number of rotatable bonds is 2. The molecule has 2 fully saturated rings. The van der Waals surface area contributed by atoms with E-state index in [1.165, 1.54) is 32.4 Å². The normalized spacial score (nSPS) is 29.2. The molecular weight excluding hydrogens is 138 g/mol. The average molecular weight is 155 g/mol. The molecular formula is C9H17NO. The monoisotopic (exact) mass is 155 g/mol. The van der Waals surface area contributed by atoms with Crippen LogP contribution < -0.4 is 0 Å². The van der Waals surface area contributed by atoms with Crippen molar-refractivity contribution < 1.29 is 4.74 Å². The Morgan fingerprint density at radius 2 is 2.27 bits per heavy atom. The Balaban J connectivity index is 1.96. The molecule has 2 saturated heterocycles. The van der Waals surface area contributed by atoms with E-state index in [0.717, 1.165) is 13.2 Å². The molecule has 2 rings (SSSR count). The fraction of sp³-hybridized carbons (Fsp3) is 1.00. The van der Waals surface area contributed by atoms with Gasteiger partial charge in [-0.3, -0.25) is 4.90 Å². The lowest BCUT2D eigenvalue weighted by molar-refractivity contribution is -0.122. The van der Waals surface area contributed by atoms with E-state index in [9.17, 15) is 0 Å². The highest BCUT2D eigenvalue weighted by atomic mass is 16.5. The van der Waals surface area contributed by atoms with Crippen LogP contribution in [0.3, 0.4) is 0 Å². The molecule has 2 aliphatic rings. The minimum atomic E-state index is 0.496. The van der Waals surface area contributed by atoms with Gasteiger partial charge in [0.15, 0.2) is 0 Å². The maximum Gasteiger partial charge on any atom is 0.0679 e. The molecule has 0 aliphatic carbocycles. The Kier molecular flexibility index (Phi) is 1.90. The number of hydrogen-bond donors (Lipinski definition) is 0. The zero-order valence-electron chi connectivity index (χ0n) is 7.31. The third-order valence-corrected chi connectivity index (χ3v) is 2.98. The fourth-order valence-electron chi connectivity index (χ4n) is 2.28. The molecule has 0 aromatic carbocycles. The summed E-state index contributed by atoms with van der Waals surface area (Å²) in [5.74, 6) is 0. The van der Waals surface area contributed by atoms with Crippen molar-refractivity contribution in [2.24, 2.45) is 0 Å². The van der Waals surface area contributed by atoms with Crippen LogP contribution in [0.1, 0.15) is 26.2 Å². The number of ether oxygens (including phenoxy) is 1. The van der Waals surface area contributed by atoms with E-state index in [0.29, 0.717) is 5.54 Å². The van der Waals surface area contributed by atoms with E-state index in [4.69, 9.17) is 4.74 Å². The predicted molar refractivity (Wildman–Crippen MR) is 44.6 cm³/mol. The summed E-state index contributed by atoms with van der Waals surface area (Å²) in [5.41, 5.74) is 0.496. The van der Waals surface area contributed by atoms with Crippen molar-refractivity contribution in [1.29, 1.82) is 0 Å². The van der Waals surface area contributed by atoms with Gasteiger partial charge in [-0.1, -0.05) is 6.92 Å². The minimum absolute atomic E-state index is 0.496. The molecule has 2 heteroatoms. The molecule has 0 bridgehead atoms. The molecule has 0 unspecified atom stereocenters. The van der Waals surface area contributed by atoms with Crippen LogP contribution in [0.4, 0.5) is 0 Å². The summed E-state index contributed by atoms with van der Waals surface area (Å²) in [4.78, 5) is 2.62. The topological polar surface area (TPSA) is 12.5 Å². The van der Waals surface area contributed by atoms with Crippen LogP contribution in [0.15, 0.2) is 0 Å². The molecule has 0 atom stereocenters. The Hall–Kier alpha value is -0.0800. The lowest BCUT2D eigenvalue weighted by Crippen LogP contribution is -2.58. The molecule has 0 N–H and O–H groups in total. The van der Waals surface area contributed by atoms with Crippen LogP contribution >= 0.6 is 0 Å². The second-order valence-corrected chi connectivity index (χ2v) is 3.81. The Labute approximate surface area is 68.5 Å². The van der Waals surface area contributed by atoms with Gasteiger partial charge in [-0.25, -0.2) is 0 Å². The smallest absolute Gasteiger partial charge is 0.0679 e. The lowest BCUT2D eigenvalue weighted by Gasteiger charge is -2.45. The first-order valence-corrected chi connectivity index (χ1v) is 4.70. The van der Waals surface area contributed by atoms with Gasteiger partial charge in [-0.15, -0.1) is 0 Å². The molecule has 2 heterocycles. The molecule has 64 valence electrons. The summed E-state index contributed by atoms with van der Waals surface area (Å²) in [5, 5.41) is 0. The maximum absolute atomic E-state index is 5.29. The van der Waals surface area contributed by atoms with E-state index in [2.05, 4.69) is 11.8 Å². The number of hydrogen-bond acceptors (Lipinski definition) is 2. The summed E-state index contributed by atoms with van der Waals surface area (Å²) in [6, 6.07) is 0. The van der Waals surface area contributed by atoms with Gasteiger partial charge in [0.05, 0.1) is 18.8 Å². The van der Waals surface area contributed by atoms with Gasteiger partial charge in [0.2, 0.25) is 0 Å². The first kappa shape index (κ1) is 7.56. The predicted octanol–water partition coefficient (Wildman–Crippen LogP) is 1.26. The Morgan fingerprint density at radius 3 is 2.82 bits per heavy atom. The first-order valence-electron chi connectivity index (χ1n) is 4.70. The standard InChI is InChI=1S/C9H17NO/c1-2-5-10-6-3-4-9(10)7-11-8-9/h2-8H2,1H3. The molecule has 0 aromatic heterocycles. The summed E-state index contributed by atoms with van der Waals surface area (Å²) in [7, 11) is 0. The van der Waals surface area contributed by atoms with Crippen LogP contribution in [0.5, 0.6) is 0 Å². The van der Waals surface area contributed by atoms with Gasteiger partial charge in [-0.05, 0) is 32.4 Å². The van der Waals surface area contributed by atoms with Crippen LogP contribution in [-0.4, -0.2) is 36.7 Å². The van der Waals surface area contributed by atoms with E-state index in [1.54, 1.807) is 0 Å². The van der Waals surface area contributed by atoms with E-state index in [1.807, 2.05) is 0 Å². The molecule has 0 saturated carbocycles. The van der Waals surface area contributed by atoms with Crippen LogP contribution in [-0.2, 0) is 4.74 Å². The molecule has 2 aliphatic heterocycles. The summed E-state index contributed by atoms with van der Waals surface area (Å²) in [6.07, 6.45) is 4.03. The fourth-order valence-corrected chi connectivity index (χ4v) is 2.28. The second-order valence-electron chi connectivity index (χ2n) is 3.81. The van der Waals surface area contributed by atoms with Gasteiger partial charge in [0.25, 0.3) is 0 Å². The van der Waals surface area contributed by atoms with Crippen LogP contribution in [0, 0.1) is 0 Å². The van der Waals surface area contributed by atoms with Crippen LogP contribution in [0.2, 0.25) is 0 Å². The second kappa shape index (κ2) is 2.76. The van der Waals surface area contributed by atoms with Gasteiger partial charge in [0, 0.05) is 0 Å². The first-order chi connectivity index (χ1) is 5.37. The third-order valence-electron chi connectivity index (χ3n) is 2.98. The summed E-state index contributed by atoms with van der Waals surface area (Å²) >= 11 is 0. The zero-order valence-corrected chi connectivity index (χ0v) is 7.31. The molecule has 0 aromatic rings. The van der Waals surface area contributed by atoms with E-state index in [-0.39, 0.29) is 0 Å². The molecule has 1 spiro atoms. The molecule has 0 amide bonds. The van der Waals surface area contributed by atoms with E-state index >= 15 is 0 Å². The highest BCUT2D eigenvalue weighted by Crippen LogP contribution is 2.35. The largest absolute Gasteiger partial charge is 0.377 e.